The molecule has 1 heterocycles. The monoisotopic (exact) mass is 226 g/mol. The molecule has 1 amide bonds. The molecule has 1 aromatic heterocycles. The summed E-state index contributed by atoms with van der Waals surface area (Å²) >= 11 is 0. The number of aromatic nitrogens is 1. The molecule has 0 saturated carbocycles. The van der Waals surface area contributed by atoms with Crippen molar-refractivity contribution in [3.8, 4) is 0 Å². The van der Waals surface area contributed by atoms with Crippen LogP contribution in [0.1, 0.15) is 34.5 Å². The van der Waals surface area contributed by atoms with Crippen molar-refractivity contribution in [3.63, 3.8) is 0 Å². The summed E-state index contributed by atoms with van der Waals surface area (Å²) in [6, 6.07) is 13.4. The highest BCUT2D eigenvalue weighted by Gasteiger charge is 2.16. The van der Waals surface area contributed by atoms with Crippen molar-refractivity contribution < 1.29 is 4.79 Å². The SMILES string of the molecule is C[C@H](c1ccccc1)c1ncccc1C(N)=O. The highest BCUT2D eigenvalue weighted by molar-refractivity contribution is 5.94. The summed E-state index contributed by atoms with van der Waals surface area (Å²) in [6.07, 6.45) is 1.68. The van der Waals surface area contributed by atoms with Gasteiger partial charge in [-0.2, -0.15) is 0 Å². The lowest BCUT2D eigenvalue weighted by molar-refractivity contribution is 0.0998. The number of rotatable bonds is 3. The van der Waals surface area contributed by atoms with Gasteiger partial charge in [-0.1, -0.05) is 37.3 Å². The second kappa shape index (κ2) is 4.78. The molecule has 3 heteroatoms. The van der Waals surface area contributed by atoms with E-state index >= 15 is 0 Å². The van der Waals surface area contributed by atoms with Crippen LogP contribution < -0.4 is 5.73 Å². The van der Waals surface area contributed by atoms with Crippen molar-refractivity contribution in [2.24, 2.45) is 5.73 Å². The van der Waals surface area contributed by atoms with Gasteiger partial charge in [0.15, 0.2) is 0 Å². The topological polar surface area (TPSA) is 56.0 Å². The van der Waals surface area contributed by atoms with Crippen LogP contribution in [-0.4, -0.2) is 10.9 Å². The van der Waals surface area contributed by atoms with Crippen molar-refractivity contribution in [2.75, 3.05) is 0 Å². The predicted octanol–water partition coefficient (Wildman–Crippen LogP) is 2.33. The number of nitrogens with zero attached hydrogens (tertiary/aromatic N) is 1. The Balaban J connectivity index is 2.44. The number of amides is 1. The zero-order chi connectivity index (χ0) is 12.3. The zero-order valence-electron chi connectivity index (χ0n) is 9.63. The van der Waals surface area contributed by atoms with Crippen LogP contribution in [0.25, 0.3) is 0 Å². The van der Waals surface area contributed by atoms with Gasteiger partial charge in [-0.05, 0) is 17.7 Å². The minimum atomic E-state index is -0.434. The van der Waals surface area contributed by atoms with Gasteiger partial charge in [-0.15, -0.1) is 0 Å². The molecule has 0 bridgehead atoms. The normalized spacial score (nSPS) is 12.1. The number of carbonyl (C=O) groups excluding carboxylic acids is 1. The number of primary amides is 1. The van der Waals surface area contributed by atoms with Gasteiger partial charge in [0.05, 0.1) is 11.3 Å². The molecule has 0 radical (unpaired) electrons. The van der Waals surface area contributed by atoms with Gasteiger partial charge in [0.2, 0.25) is 0 Å². The quantitative estimate of drug-likeness (QED) is 0.873. The van der Waals surface area contributed by atoms with E-state index in [1.807, 2.05) is 37.3 Å². The average Bonchev–Trinajstić information content (AvgIpc) is 2.39. The minimum Gasteiger partial charge on any atom is -0.366 e. The minimum absolute atomic E-state index is 0.0555. The van der Waals surface area contributed by atoms with Gasteiger partial charge in [-0.3, -0.25) is 9.78 Å². The largest absolute Gasteiger partial charge is 0.366 e. The third-order valence-corrected chi connectivity index (χ3v) is 2.81. The maximum atomic E-state index is 11.3. The van der Waals surface area contributed by atoms with Crippen LogP contribution in [0.4, 0.5) is 0 Å². The van der Waals surface area contributed by atoms with Gasteiger partial charge in [0.1, 0.15) is 0 Å². The molecular weight excluding hydrogens is 212 g/mol. The highest BCUT2D eigenvalue weighted by Crippen LogP contribution is 2.24. The van der Waals surface area contributed by atoms with E-state index in [4.69, 9.17) is 5.73 Å². The van der Waals surface area contributed by atoms with E-state index in [2.05, 4.69) is 4.98 Å². The Hall–Kier alpha value is -2.16. The molecule has 0 aliphatic carbocycles. The molecule has 0 spiro atoms. The van der Waals surface area contributed by atoms with Crippen LogP contribution in [0.15, 0.2) is 48.7 Å². The molecule has 0 unspecified atom stereocenters. The Labute approximate surface area is 100 Å². The number of hydrogen-bond acceptors (Lipinski definition) is 2. The van der Waals surface area contributed by atoms with E-state index < -0.39 is 5.91 Å². The van der Waals surface area contributed by atoms with Crippen molar-refractivity contribution in [1.82, 2.24) is 4.98 Å². The Morgan fingerprint density at radius 2 is 1.88 bits per heavy atom. The maximum Gasteiger partial charge on any atom is 0.250 e. The number of carbonyl (C=O) groups is 1. The van der Waals surface area contributed by atoms with E-state index in [0.29, 0.717) is 5.56 Å². The van der Waals surface area contributed by atoms with Crippen molar-refractivity contribution in [1.29, 1.82) is 0 Å². The fraction of sp³-hybridized carbons (Fsp3) is 0.143. The summed E-state index contributed by atoms with van der Waals surface area (Å²) in [4.78, 5) is 15.6. The molecule has 2 N–H and O–H groups in total. The van der Waals surface area contributed by atoms with Gasteiger partial charge in [0, 0.05) is 12.1 Å². The van der Waals surface area contributed by atoms with Gasteiger partial charge >= 0.3 is 0 Å². The number of hydrogen-bond donors (Lipinski definition) is 1. The molecule has 1 atom stereocenters. The maximum absolute atomic E-state index is 11.3. The van der Waals surface area contributed by atoms with Crippen molar-refractivity contribution in [3.05, 3.63) is 65.5 Å². The second-order valence-electron chi connectivity index (χ2n) is 3.93. The summed E-state index contributed by atoms with van der Waals surface area (Å²) in [6.45, 7) is 2.02. The molecule has 0 saturated heterocycles. The molecule has 2 rings (SSSR count). The molecule has 2 aromatic rings. The van der Waals surface area contributed by atoms with Gasteiger partial charge in [0.25, 0.3) is 5.91 Å². The summed E-state index contributed by atoms with van der Waals surface area (Å²) in [5.41, 5.74) is 7.69. The standard InChI is InChI=1S/C14H14N2O/c1-10(11-6-3-2-4-7-11)13-12(14(15)17)8-5-9-16-13/h2-10H,1H3,(H2,15,17)/t10-/m1/s1. The lowest BCUT2D eigenvalue weighted by Crippen LogP contribution is -2.16. The number of pyridine rings is 1. The summed E-state index contributed by atoms with van der Waals surface area (Å²) in [5, 5.41) is 0. The Morgan fingerprint density at radius 3 is 2.53 bits per heavy atom. The molecule has 17 heavy (non-hydrogen) atoms. The van der Waals surface area contributed by atoms with Crippen molar-refractivity contribution >= 4 is 5.91 Å². The molecule has 0 fully saturated rings. The van der Waals surface area contributed by atoms with Crippen LogP contribution in [0.5, 0.6) is 0 Å². The van der Waals surface area contributed by atoms with E-state index in [-0.39, 0.29) is 5.92 Å². The van der Waals surface area contributed by atoms with Crippen LogP contribution >= 0.6 is 0 Å². The average molecular weight is 226 g/mol. The van der Waals surface area contributed by atoms with Crippen LogP contribution in [-0.2, 0) is 0 Å². The fourth-order valence-electron chi connectivity index (χ4n) is 1.87. The van der Waals surface area contributed by atoms with E-state index in [0.717, 1.165) is 11.3 Å². The zero-order valence-corrected chi connectivity index (χ0v) is 9.63. The number of benzene rings is 1. The van der Waals surface area contributed by atoms with Gasteiger partial charge < -0.3 is 5.73 Å². The van der Waals surface area contributed by atoms with Gasteiger partial charge in [-0.25, -0.2) is 0 Å². The summed E-state index contributed by atoms with van der Waals surface area (Å²) in [7, 11) is 0. The lowest BCUT2D eigenvalue weighted by Gasteiger charge is -2.13. The Morgan fingerprint density at radius 1 is 1.18 bits per heavy atom. The summed E-state index contributed by atoms with van der Waals surface area (Å²) in [5.74, 6) is -0.379. The highest BCUT2D eigenvalue weighted by atomic mass is 16.1. The predicted molar refractivity (Wildman–Crippen MR) is 66.7 cm³/mol. The van der Waals surface area contributed by atoms with Crippen LogP contribution in [0, 0.1) is 0 Å². The second-order valence-corrected chi connectivity index (χ2v) is 3.93. The molecular formula is C14H14N2O. The first kappa shape index (κ1) is 11.3. The fourth-order valence-corrected chi connectivity index (χ4v) is 1.87. The number of nitrogens with two attached hydrogens (primary N) is 1. The molecule has 0 aliphatic rings. The smallest absolute Gasteiger partial charge is 0.250 e. The molecule has 3 nitrogen and oxygen atoms in total. The Kier molecular flexibility index (Phi) is 3.19. The van der Waals surface area contributed by atoms with Crippen LogP contribution in [0.2, 0.25) is 0 Å². The Bertz CT molecular complexity index is 523. The molecule has 1 aromatic carbocycles. The van der Waals surface area contributed by atoms with E-state index in [1.165, 1.54) is 0 Å². The van der Waals surface area contributed by atoms with E-state index in [1.54, 1.807) is 18.3 Å². The third kappa shape index (κ3) is 2.33. The van der Waals surface area contributed by atoms with Crippen molar-refractivity contribution in [2.45, 2.75) is 12.8 Å². The summed E-state index contributed by atoms with van der Waals surface area (Å²) < 4.78 is 0. The molecule has 86 valence electrons. The first-order chi connectivity index (χ1) is 8.20. The van der Waals surface area contributed by atoms with E-state index in [9.17, 15) is 4.79 Å². The third-order valence-electron chi connectivity index (χ3n) is 2.81. The first-order valence-electron chi connectivity index (χ1n) is 5.50. The van der Waals surface area contributed by atoms with Crippen LogP contribution in [0.3, 0.4) is 0 Å². The lowest BCUT2D eigenvalue weighted by atomic mass is 9.94. The molecule has 0 aliphatic heterocycles. The first-order valence-corrected chi connectivity index (χ1v) is 5.50.